The van der Waals surface area contributed by atoms with Crippen molar-refractivity contribution in [2.75, 3.05) is 5.75 Å². The van der Waals surface area contributed by atoms with Gasteiger partial charge in [0.25, 0.3) is 0 Å². The van der Waals surface area contributed by atoms with E-state index in [2.05, 4.69) is 42.2 Å². The summed E-state index contributed by atoms with van der Waals surface area (Å²) >= 11 is 8.46. The van der Waals surface area contributed by atoms with Gasteiger partial charge >= 0.3 is 5.97 Å². The van der Waals surface area contributed by atoms with Gasteiger partial charge in [-0.05, 0) is 50.1 Å². The fourth-order valence-electron chi connectivity index (χ4n) is 1.59. The van der Waals surface area contributed by atoms with Gasteiger partial charge in [-0.1, -0.05) is 0 Å². The molecule has 2 N–H and O–H groups in total. The number of aromatic nitrogens is 1. The summed E-state index contributed by atoms with van der Waals surface area (Å²) in [7, 11) is 0. The van der Waals surface area contributed by atoms with Crippen LogP contribution >= 0.6 is 43.6 Å². The van der Waals surface area contributed by atoms with Crippen molar-refractivity contribution in [3.05, 3.63) is 26.9 Å². The second-order valence-corrected chi connectivity index (χ2v) is 6.60. The van der Waals surface area contributed by atoms with Crippen molar-refractivity contribution in [2.24, 2.45) is 0 Å². The summed E-state index contributed by atoms with van der Waals surface area (Å²) in [6.45, 7) is 0. The number of carbonyl (C=O) groups is 1. The molecule has 7 heteroatoms. The van der Waals surface area contributed by atoms with Crippen LogP contribution in [0.25, 0.3) is 0 Å². The van der Waals surface area contributed by atoms with E-state index >= 15 is 0 Å². The number of hydrogen-bond donors (Lipinski definition) is 2. The van der Waals surface area contributed by atoms with Crippen molar-refractivity contribution >= 4 is 49.6 Å². The topological polar surface area (TPSA) is 62.2 Å². The highest BCUT2D eigenvalue weighted by molar-refractivity contribution is 9.11. The molecule has 17 heavy (non-hydrogen) atoms. The SMILES string of the molecule is O=C(O)C1CCSC(c2ncc(Br)cc2Br)N1. The maximum absolute atomic E-state index is 11.0. The van der Waals surface area contributed by atoms with Crippen molar-refractivity contribution in [3.8, 4) is 0 Å². The van der Waals surface area contributed by atoms with Crippen LogP contribution in [0.15, 0.2) is 21.2 Å². The fraction of sp³-hybridized carbons (Fsp3) is 0.400. The Bertz CT molecular complexity index is 444. The summed E-state index contributed by atoms with van der Waals surface area (Å²) in [5.41, 5.74) is 0.837. The third-order valence-electron chi connectivity index (χ3n) is 2.43. The zero-order chi connectivity index (χ0) is 12.4. The molecule has 1 aromatic heterocycles. The van der Waals surface area contributed by atoms with E-state index in [1.54, 1.807) is 18.0 Å². The van der Waals surface area contributed by atoms with Crippen LogP contribution in [0.3, 0.4) is 0 Å². The number of nitrogens with zero attached hydrogens (tertiary/aromatic N) is 1. The van der Waals surface area contributed by atoms with Crippen molar-refractivity contribution in [1.82, 2.24) is 10.3 Å². The van der Waals surface area contributed by atoms with Crippen LogP contribution in [0, 0.1) is 0 Å². The Hall–Kier alpha value is -0.110. The summed E-state index contributed by atoms with van der Waals surface area (Å²) in [5.74, 6) is 0.0160. The number of carboxylic acids is 1. The Balaban J connectivity index is 2.19. The number of carboxylic acid groups (broad SMARTS) is 1. The predicted molar refractivity (Wildman–Crippen MR) is 74.0 cm³/mol. The average molecular weight is 382 g/mol. The highest BCUT2D eigenvalue weighted by atomic mass is 79.9. The van der Waals surface area contributed by atoms with E-state index in [0.717, 1.165) is 20.4 Å². The van der Waals surface area contributed by atoms with Gasteiger partial charge in [0.2, 0.25) is 0 Å². The second kappa shape index (κ2) is 5.69. The first-order chi connectivity index (χ1) is 8.08. The van der Waals surface area contributed by atoms with Crippen molar-refractivity contribution in [3.63, 3.8) is 0 Å². The van der Waals surface area contributed by atoms with Crippen LogP contribution in [0.2, 0.25) is 0 Å². The minimum absolute atomic E-state index is 0.0766. The molecule has 0 spiro atoms. The van der Waals surface area contributed by atoms with Gasteiger partial charge in [0.1, 0.15) is 6.04 Å². The Labute approximate surface area is 120 Å². The molecule has 0 aromatic carbocycles. The fourth-order valence-corrected chi connectivity index (χ4v) is 4.17. The summed E-state index contributed by atoms with van der Waals surface area (Å²) in [6.07, 6.45) is 2.36. The third-order valence-corrected chi connectivity index (χ3v) is 4.66. The highest BCUT2D eigenvalue weighted by Gasteiger charge is 2.29. The molecule has 2 unspecified atom stereocenters. The number of pyridine rings is 1. The molecule has 2 rings (SSSR count). The second-order valence-electron chi connectivity index (χ2n) is 3.62. The lowest BCUT2D eigenvalue weighted by Crippen LogP contribution is -2.42. The molecule has 0 saturated carbocycles. The molecule has 4 nitrogen and oxygen atoms in total. The minimum atomic E-state index is -0.802. The Morgan fingerprint density at radius 1 is 1.59 bits per heavy atom. The lowest BCUT2D eigenvalue weighted by atomic mass is 10.2. The zero-order valence-corrected chi connectivity index (χ0v) is 12.7. The Morgan fingerprint density at radius 2 is 2.35 bits per heavy atom. The van der Waals surface area contributed by atoms with Gasteiger partial charge in [-0.3, -0.25) is 15.1 Å². The van der Waals surface area contributed by atoms with Gasteiger partial charge in [-0.25, -0.2) is 0 Å². The van der Waals surface area contributed by atoms with Crippen LogP contribution < -0.4 is 5.32 Å². The van der Waals surface area contributed by atoms with Gasteiger partial charge in [-0.15, -0.1) is 11.8 Å². The summed E-state index contributed by atoms with van der Waals surface area (Å²) in [4.78, 5) is 15.3. The standard InChI is InChI=1S/C10H10Br2N2O2S/c11-5-3-6(12)8(13-4-5)9-14-7(10(15)16)1-2-17-9/h3-4,7,9,14H,1-2H2,(H,15,16). The van der Waals surface area contributed by atoms with Crippen LogP contribution in [0.5, 0.6) is 0 Å². The van der Waals surface area contributed by atoms with E-state index in [9.17, 15) is 4.79 Å². The molecule has 1 fully saturated rings. The lowest BCUT2D eigenvalue weighted by Gasteiger charge is -2.28. The summed E-state index contributed by atoms with van der Waals surface area (Å²) in [6, 6.07) is 1.42. The average Bonchev–Trinajstić information content (AvgIpc) is 2.29. The van der Waals surface area contributed by atoms with Crippen LogP contribution in [-0.4, -0.2) is 27.9 Å². The van der Waals surface area contributed by atoms with E-state index in [4.69, 9.17) is 5.11 Å². The van der Waals surface area contributed by atoms with E-state index in [-0.39, 0.29) is 5.37 Å². The van der Waals surface area contributed by atoms with Gasteiger partial charge in [0.15, 0.2) is 0 Å². The number of aliphatic carboxylic acids is 1. The van der Waals surface area contributed by atoms with E-state index in [0.29, 0.717) is 6.42 Å². The highest BCUT2D eigenvalue weighted by Crippen LogP contribution is 2.35. The normalized spacial score (nSPS) is 24.6. The molecule has 1 aliphatic heterocycles. The number of hydrogen-bond acceptors (Lipinski definition) is 4. The van der Waals surface area contributed by atoms with Crippen LogP contribution in [-0.2, 0) is 4.79 Å². The summed E-state index contributed by atoms with van der Waals surface area (Å²) in [5, 5.41) is 12.0. The first-order valence-corrected chi connectivity index (χ1v) is 7.63. The van der Waals surface area contributed by atoms with Crippen molar-refractivity contribution in [1.29, 1.82) is 0 Å². The van der Waals surface area contributed by atoms with Gasteiger partial charge in [-0.2, -0.15) is 0 Å². The molecule has 0 bridgehead atoms. The summed E-state index contributed by atoms with van der Waals surface area (Å²) < 4.78 is 1.77. The molecule has 1 aromatic rings. The molecule has 92 valence electrons. The molecule has 2 atom stereocenters. The number of halogens is 2. The maximum Gasteiger partial charge on any atom is 0.320 e. The first-order valence-electron chi connectivity index (χ1n) is 4.99. The number of thioether (sulfide) groups is 1. The quantitative estimate of drug-likeness (QED) is 0.824. The van der Waals surface area contributed by atoms with Gasteiger partial charge in [0.05, 0.1) is 11.1 Å². The minimum Gasteiger partial charge on any atom is -0.480 e. The maximum atomic E-state index is 11.0. The number of rotatable bonds is 2. The molecule has 1 aliphatic rings. The monoisotopic (exact) mass is 380 g/mol. The third kappa shape index (κ3) is 3.21. The van der Waals surface area contributed by atoms with Gasteiger partial charge in [0, 0.05) is 15.1 Å². The predicted octanol–water partition coefficient (Wildman–Crippen LogP) is 2.78. The van der Waals surface area contributed by atoms with Crippen molar-refractivity contribution < 1.29 is 9.90 Å². The largest absolute Gasteiger partial charge is 0.480 e. The van der Waals surface area contributed by atoms with E-state index in [1.807, 2.05) is 6.07 Å². The smallest absolute Gasteiger partial charge is 0.320 e. The first kappa shape index (κ1) is 13.3. The molecule has 2 heterocycles. The molecule has 0 amide bonds. The zero-order valence-electron chi connectivity index (χ0n) is 8.69. The number of nitrogens with one attached hydrogen (secondary N) is 1. The molecule has 0 aliphatic carbocycles. The van der Waals surface area contributed by atoms with Crippen LogP contribution in [0.1, 0.15) is 17.5 Å². The molecular formula is C10H10Br2N2O2S. The Kier molecular flexibility index (Phi) is 4.46. The van der Waals surface area contributed by atoms with Gasteiger partial charge < -0.3 is 5.11 Å². The van der Waals surface area contributed by atoms with Crippen LogP contribution in [0.4, 0.5) is 0 Å². The Morgan fingerprint density at radius 3 is 3.00 bits per heavy atom. The van der Waals surface area contributed by atoms with E-state index in [1.165, 1.54) is 0 Å². The lowest BCUT2D eigenvalue weighted by molar-refractivity contribution is -0.139. The molecule has 0 radical (unpaired) electrons. The molecular weight excluding hydrogens is 372 g/mol. The molecule has 1 saturated heterocycles. The van der Waals surface area contributed by atoms with Crippen molar-refractivity contribution in [2.45, 2.75) is 17.8 Å². The van der Waals surface area contributed by atoms with E-state index < -0.39 is 12.0 Å².